The third-order valence-electron chi connectivity index (χ3n) is 8.60. The minimum absolute atomic E-state index is 0.154. The van der Waals surface area contributed by atoms with Crippen molar-refractivity contribution in [2.45, 2.75) is 132 Å². The summed E-state index contributed by atoms with van der Waals surface area (Å²) in [4.78, 5) is 5.49. The van der Waals surface area contributed by atoms with Crippen LogP contribution in [0.15, 0.2) is 30.3 Å². The lowest BCUT2D eigenvalue weighted by Crippen LogP contribution is -2.18. The van der Waals surface area contributed by atoms with Crippen LogP contribution in [0, 0.1) is 20.8 Å². The highest BCUT2D eigenvalue weighted by atomic mass is 15.1. The molecule has 0 bridgehead atoms. The first-order valence-electron chi connectivity index (χ1n) is 15.8. The summed E-state index contributed by atoms with van der Waals surface area (Å²) < 4.78 is 2.52. The zero-order chi connectivity index (χ0) is 29.1. The van der Waals surface area contributed by atoms with E-state index in [9.17, 15) is 0 Å². The molecule has 3 aromatic rings. The molecule has 0 fully saturated rings. The third-order valence-corrected chi connectivity index (χ3v) is 8.60. The Morgan fingerprint density at radius 3 is 2.02 bits per heavy atom. The summed E-state index contributed by atoms with van der Waals surface area (Å²) in [5, 5.41) is 4.08. The van der Waals surface area contributed by atoms with Gasteiger partial charge in [-0.15, -0.1) is 0 Å². The van der Waals surface area contributed by atoms with Crippen LogP contribution >= 0.6 is 0 Å². The van der Waals surface area contributed by atoms with Gasteiger partial charge in [-0.3, -0.25) is 0 Å². The number of imidazole rings is 1. The number of hydrogen-bond acceptors (Lipinski definition) is 2. The maximum atomic E-state index is 5.49. The number of aryl methyl sites for hydroxylation is 3. The van der Waals surface area contributed by atoms with Gasteiger partial charge >= 0.3 is 0 Å². The van der Waals surface area contributed by atoms with E-state index in [1.165, 1.54) is 81.7 Å². The van der Waals surface area contributed by atoms with Gasteiger partial charge < -0.3 is 9.88 Å². The first-order valence-corrected chi connectivity index (χ1v) is 15.8. The van der Waals surface area contributed by atoms with Gasteiger partial charge in [0, 0.05) is 17.8 Å². The molecule has 3 heteroatoms. The molecule has 216 valence electrons. The van der Waals surface area contributed by atoms with Gasteiger partial charge in [0.15, 0.2) is 0 Å². The van der Waals surface area contributed by atoms with Crippen LogP contribution in [0.3, 0.4) is 0 Å². The molecule has 0 spiro atoms. The summed E-state index contributed by atoms with van der Waals surface area (Å²) in [6.07, 6.45) is 10.6. The van der Waals surface area contributed by atoms with E-state index >= 15 is 0 Å². The summed E-state index contributed by atoms with van der Waals surface area (Å²) >= 11 is 0. The lowest BCUT2D eigenvalue weighted by molar-refractivity contribution is 0.581. The van der Waals surface area contributed by atoms with Gasteiger partial charge in [0.05, 0.1) is 17.4 Å². The minimum atomic E-state index is 0.154. The van der Waals surface area contributed by atoms with Crippen LogP contribution in [0.4, 0.5) is 5.69 Å². The topological polar surface area (TPSA) is 29.9 Å². The zero-order valence-corrected chi connectivity index (χ0v) is 26.9. The molecule has 1 aliphatic carbocycles. The first-order chi connectivity index (χ1) is 19.0. The van der Waals surface area contributed by atoms with Crippen molar-refractivity contribution in [2.75, 3.05) is 5.32 Å². The van der Waals surface area contributed by atoms with E-state index in [4.69, 9.17) is 4.98 Å². The normalized spacial score (nSPS) is 15.0. The summed E-state index contributed by atoms with van der Waals surface area (Å²) in [6.45, 7) is 23.9. The highest BCUT2D eigenvalue weighted by Gasteiger charge is 2.28. The van der Waals surface area contributed by atoms with Crippen LogP contribution in [0.2, 0.25) is 0 Å². The number of aromatic nitrogens is 2. The highest BCUT2D eigenvalue weighted by Crippen LogP contribution is 2.41. The molecule has 0 saturated heterocycles. The summed E-state index contributed by atoms with van der Waals surface area (Å²) in [5.41, 5.74) is 13.3. The Morgan fingerprint density at radius 2 is 1.48 bits per heavy atom. The minimum Gasteiger partial charge on any atom is -0.376 e. The van der Waals surface area contributed by atoms with Gasteiger partial charge in [0.25, 0.3) is 0 Å². The average Bonchev–Trinajstić information content (AvgIpc) is 3.24. The Bertz CT molecular complexity index is 1300. The van der Waals surface area contributed by atoms with Crippen molar-refractivity contribution in [3.8, 4) is 11.4 Å². The first kappa shape index (κ1) is 30.2. The molecule has 4 rings (SSSR count). The van der Waals surface area contributed by atoms with Crippen molar-refractivity contribution >= 4 is 11.8 Å². The maximum absolute atomic E-state index is 5.49. The van der Waals surface area contributed by atoms with Gasteiger partial charge in [-0.25, -0.2) is 4.98 Å². The van der Waals surface area contributed by atoms with Crippen LogP contribution in [0.25, 0.3) is 17.5 Å². The number of nitrogens with zero attached hydrogens (tertiary/aromatic N) is 2. The molecule has 0 aliphatic heterocycles. The van der Waals surface area contributed by atoms with Gasteiger partial charge in [-0.05, 0) is 85.3 Å². The molecule has 0 saturated carbocycles. The number of unbranched alkanes of at least 4 members (excludes halogenated alkanes) is 3. The second-order valence-corrected chi connectivity index (χ2v) is 13.1. The largest absolute Gasteiger partial charge is 0.376 e. The molecule has 2 aromatic carbocycles. The number of fused-ring (bicyclic) bond motifs is 1. The van der Waals surface area contributed by atoms with Crippen molar-refractivity contribution in [1.29, 1.82) is 0 Å². The van der Waals surface area contributed by atoms with Gasteiger partial charge in [-0.2, -0.15) is 0 Å². The second kappa shape index (κ2) is 12.8. The Hall–Kier alpha value is -2.81. The number of rotatable bonds is 11. The molecule has 1 unspecified atom stereocenters. The third kappa shape index (κ3) is 6.24. The predicted octanol–water partition coefficient (Wildman–Crippen LogP) is 11.0. The second-order valence-electron chi connectivity index (χ2n) is 13.1. The lowest BCUT2D eigenvalue weighted by Gasteiger charge is -2.28. The Morgan fingerprint density at radius 1 is 0.850 bits per heavy atom. The van der Waals surface area contributed by atoms with E-state index in [-0.39, 0.29) is 6.04 Å². The molecule has 1 heterocycles. The molecule has 1 N–H and O–H groups in total. The van der Waals surface area contributed by atoms with Gasteiger partial charge in [-0.1, -0.05) is 104 Å². The fourth-order valence-electron chi connectivity index (χ4n) is 6.41. The monoisotopic (exact) mass is 539 g/mol. The molecular weight excluding hydrogens is 486 g/mol. The molecule has 0 radical (unpaired) electrons. The summed E-state index contributed by atoms with van der Waals surface area (Å²) in [5.74, 6) is 2.54. The molecule has 3 nitrogen and oxygen atoms in total. The molecule has 1 atom stereocenters. The fraction of sp³-hybridized carbons (Fsp3) is 0.541. The number of anilines is 1. The van der Waals surface area contributed by atoms with Crippen molar-refractivity contribution < 1.29 is 0 Å². The van der Waals surface area contributed by atoms with E-state index in [2.05, 4.69) is 116 Å². The van der Waals surface area contributed by atoms with Crippen LogP contribution < -0.4 is 5.32 Å². The standard InChI is InChI=1S/C37H53N3/c1-11-12-13-14-18-40-33-17-15-16-32(36(33)39-37(40)34-27(9)19-26(8)20-28(34)10)38-35-30(24(4)5)21-29(23(2)3)22-31(35)25(6)7/h15,17,19-25,32,38H,11-14,16,18H2,1-10H3. The van der Waals surface area contributed by atoms with Crippen molar-refractivity contribution in [1.82, 2.24) is 9.55 Å². The summed E-state index contributed by atoms with van der Waals surface area (Å²) in [7, 11) is 0. The van der Waals surface area contributed by atoms with E-state index in [0.717, 1.165) is 18.8 Å². The maximum Gasteiger partial charge on any atom is 0.141 e. The highest BCUT2D eigenvalue weighted by molar-refractivity contribution is 5.71. The van der Waals surface area contributed by atoms with Crippen LogP contribution in [0.5, 0.6) is 0 Å². The molecule has 1 aliphatic rings. The Labute approximate surface area is 244 Å². The smallest absolute Gasteiger partial charge is 0.141 e. The van der Waals surface area contributed by atoms with E-state index < -0.39 is 0 Å². The molecule has 40 heavy (non-hydrogen) atoms. The van der Waals surface area contributed by atoms with Crippen molar-refractivity contribution in [2.24, 2.45) is 0 Å². The lowest BCUT2D eigenvalue weighted by atomic mass is 9.86. The molecular formula is C37H53N3. The quantitative estimate of drug-likeness (QED) is 0.246. The Balaban J connectivity index is 1.84. The van der Waals surface area contributed by atoms with Crippen LogP contribution in [0.1, 0.15) is 149 Å². The van der Waals surface area contributed by atoms with Gasteiger partial charge in [0.2, 0.25) is 0 Å². The summed E-state index contributed by atoms with van der Waals surface area (Å²) in [6, 6.07) is 9.66. The SMILES string of the molecule is CCCCCCn1c(-c2c(C)cc(C)cc2C)nc2c1C=CCC2Nc1c(C(C)C)cc(C(C)C)cc1C(C)C. The number of nitrogens with one attached hydrogen (secondary N) is 1. The number of hydrogen-bond donors (Lipinski definition) is 1. The molecule has 0 amide bonds. The van der Waals surface area contributed by atoms with Gasteiger partial charge in [0.1, 0.15) is 5.82 Å². The van der Waals surface area contributed by atoms with Crippen LogP contribution in [-0.4, -0.2) is 9.55 Å². The molecule has 1 aromatic heterocycles. The van der Waals surface area contributed by atoms with E-state index in [1.807, 2.05) is 0 Å². The van der Waals surface area contributed by atoms with Crippen LogP contribution in [-0.2, 0) is 6.54 Å². The fourth-order valence-corrected chi connectivity index (χ4v) is 6.41. The number of benzene rings is 2. The van der Waals surface area contributed by atoms with E-state index in [1.54, 1.807) is 0 Å². The Kier molecular flexibility index (Phi) is 9.64. The van der Waals surface area contributed by atoms with Crippen molar-refractivity contribution in [3.05, 3.63) is 75.1 Å². The predicted molar refractivity (Wildman–Crippen MR) is 175 cm³/mol. The van der Waals surface area contributed by atoms with Crippen molar-refractivity contribution in [3.63, 3.8) is 0 Å². The average molecular weight is 540 g/mol. The zero-order valence-electron chi connectivity index (χ0n) is 26.9. The van der Waals surface area contributed by atoms with E-state index in [0.29, 0.717) is 17.8 Å².